The summed E-state index contributed by atoms with van der Waals surface area (Å²) < 4.78 is 13.0. The van der Waals surface area contributed by atoms with Gasteiger partial charge < -0.3 is 24.0 Å². The first-order chi connectivity index (χ1) is 11.8. The van der Waals surface area contributed by atoms with Crippen molar-refractivity contribution < 1.29 is 19.4 Å². The first-order valence-corrected chi connectivity index (χ1v) is 8.05. The van der Waals surface area contributed by atoms with E-state index in [4.69, 9.17) is 9.47 Å². The summed E-state index contributed by atoms with van der Waals surface area (Å²) in [7, 11) is 0. The van der Waals surface area contributed by atoms with Crippen LogP contribution in [0.2, 0.25) is 0 Å². The summed E-state index contributed by atoms with van der Waals surface area (Å²) in [6.45, 7) is 2.25. The van der Waals surface area contributed by atoms with E-state index in [1.807, 2.05) is 28.8 Å². The number of rotatable bonds is 2. The third-order valence-corrected chi connectivity index (χ3v) is 4.53. The molecule has 24 heavy (non-hydrogen) atoms. The molecule has 4 rings (SSSR count). The third kappa shape index (κ3) is 2.46. The Labute approximate surface area is 139 Å². The highest BCUT2D eigenvalue weighted by atomic mass is 16.5. The van der Waals surface area contributed by atoms with E-state index in [2.05, 4.69) is 4.98 Å². The molecule has 126 valence electrons. The quantitative estimate of drug-likeness (QED) is 0.889. The Bertz CT molecular complexity index is 758. The van der Waals surface area contributed by atoms with Gasteiger partial charge in [-0.15, -0.1) is 0 Å². The van der Waals surface area contributed by atoms with Crippen molar-refractivity contribution in [2.45, 2.75) is 19.2 Å². The summed E-state index contributed by atoms with van der Waals surface area (Å²) in [5.74, 6) is 1.34. The van der Waals surface area contributed by atoms with Gasteiger partial charge in [0.05, 0.1) is 32.0 Å². The molecule has 2 aromatic rings. The van der Waals surface area contributed by atoms with Crippen LogP contribution in [0.3, 0.4) is 0 Å². The molecule has 1 atom stereocenters. The molecule has 1 amide bonds. The van der Waals surface area contributed by atoms with Gasteiger partial charge in [0.1, 0.15) is 30.5 Å². The molecular formula is C17H19N3O4. The molecule has 1 aromatic carbocycles. The molecule has 3 heterocycles. The van der Waals surface area contributed by atoms with E-state index in [1.165, 1.54) is 0 Å². The lowest BCUT2D eigenvalue weighted by Gasteiger charge is -2.29. The summed E-state index contributed by atoms with van der Waals surface area (Å²) in [6, 6.07) is 7.10. The fourth-order valence-corrected chi connectivity index (χ4v) is 3.32. The Hall–Kier alpha value is -2.38. The van der Waals surface area contributed by atoms with Crippen LogP contribution in [0.15, 0.2) is 30.5 Å². The van der Waals surface area contributed by atoms with Crippen molar-refractivity contribution in [2.75, 3.05) is 26.4 Å². The number of fused-ring (bicyclic) bond motifs is 2. The second-order valence-corrected chi connectivity index (χ2v) is 5.85. The zero-order chi connectivity index (χ0) is 16.5. The lowest BCUT2D eigenvalue weighted by molar-refractivity contribution is 0.0548. The van der Waals surface area contributed by atoms with Gasteiger partial charge in [0, 0.05) is 12.1 Å². The maximum atomic E-state index is 13.1. The number of amides is 1. The number of para-hydroxylation sites is 1. The number of aromatic nitrogens is 2. The second-order valence-electron chi connectivity index (χ2n) is 5.85. The molecule has 0 saturated heterocycles. The van der Waals surface area contributed by atoms with E-state index in [1.54, 1.807) is 11.1 Å². The number of carbonyl (C=O) groups excluding carboxylic acids is 1. The fourth-order valence-electron chi connectivity index (χ4n) is 3.32. The SMILES string of the molecule is O=C(c1cnc2n1CCOC2)N1CCOc2ccccc2C1CO. The average molecular weight is 329 g/mol. The largest absolute Gasteiger partial charge is 0.491 e. The first kappa shape index (κ1) is 15.2. The number of carbonyl (C=O) groups is 1. The fraction of sp³-hybridized carbons (Fsp3) is 0.412. The normalized spacial score (nSPS) is 19.9. The van der Waals surface area contributed by atoms with Gasteiger partial charge >= 0.3 is 0 Å². The van der Waals surface area contributed by atoms with Crippen molar-refractivity contribution >= 4 is 5.91 Å². The molecule has 0 bridgehead atoms. The Morgan fingerprint density at radius 3 is 3.04 bits per heavy atom. The maximum Gasteiger partial charge on any atom is 0.272 e. The summed E-state index contributed by atoms with van der Waals surface area (Å²) in [5, 5.41) is 9.93. The Morgan fingerprint density at radius 2 is 2.17 bits per heavy atom. The van der Waals surface area contributed by atoms with Crippen molar-refractivity contribution in [2.24, 2.45) is 0 Å². The van der Waals surface area contributed by atoms with Crippen LogP contribution in [-0.2, 0) is 17.9 Å². The van der Waals surface area contributed by atoms with E-state index >= 15 is 0 Å². The van der Waals surface area contributed by atoms with Crippen molar-refractivity contribution in [1.82, 2.24) is 14.5 Å². The molecule has 0 aliphatic carbocycles. The van der Waals surface area contributed by atoms with Gasteiger partial charge in [0.15, 0.2) is 0 Å². The molecule has 7 nitrogen and oxygen atoms in total. The van der Waals surface area contributed by atoms with Crippen LogP contribution in [0, 0.1) is 0 Å². The average Bonchev–Trinajstić information content (AvgIpc) is 2.96. The highest BCUT2D eigenvalue weighted by molar-refractivity contribution is 5.93. The third-order valence-electron chi connectivity index (χ3n) is 4.53. The van der Waals surface area contributed by atoms with E-state index < -0.39 is 6.04 Å². The van der Waals surface area contributed by atoms with Gasteiger partial charge in [-0.2, -0.15) is 0 Å². The minimum atomic E-state index is -0.429. The highest BCUT2D eigenvalue weighted by Crippen LogP contribution is 2.32. The lowest BCUT2D eigenvalue weighted by atomic mass is 10.0. The number of nitrogens with zero attached hydrogens (tertiary/aromatic N) is 3. The van der Waals surface area contributed by atoms with Crippen molar-refractivity contribution in [3.05, 3.63) is 47.5 Å². The number of aliphatic hydroxyl groups excluding tert-OH is 1. The van der Waals surface area contributed by atoms with E-state index in [0.29, 0.717) is 38.6 Å². The molecule has 2 aliphatic rings. The molecule has 0 spiro atoms. The molecule has 0 fully saturated rings. The zero-order valence-electron chi connectivity index (χ0n) is 13.2. The number of hydrogen-bond donors (Lipinski definition) is 1. The maximum absolute atomic E-state index is 13.1. The summed E-state index contributed by atoms with van der Waals surface area (Å²) >= 11 is 0. The zero-order valence-corrected chi connectivity index (χ0v) is 13.2. The van der Waals surface area contributed by atoms with Crippen molar-refractivity contribution in [3.8, 4) is 5.75 Å². The van der Waals surface area contributed by atoms with E-state index in [9.17, 15) is 9.90 Å². The number of aliphatic hydroxyl groups is 1. The predicted molar refractivity (Wildman–Crippen MR) is 84.7 cm³/mol. The molecule has 1 unspecified atom stereocenters. The minimum absolute atomic E-state index is 0.144. The minimum Gasteiger partial charge on any atom is -0.491 e. The monoisotopic (exact) mass is 329 g/mol. The van der Waals surface area contributed by atoms with Gasteiger partial charge in [-0.1, -0.05) is 18.2 Å². The van der Waals surface area contributed by atoms with E-state index in [0.717, 1.165) is 17.1 Å². The molecule has 0 saturated carbocycles. The van der Waals surface area contributed by atoms with Crippen LogP contribution < -0.4 is 4.74 Å². The molecule has 1 aromatic heterocycles. The van der Waals surface area contributed by atoms with Crippen LogP contribution in [-0.4, -0.2) is 51.8 Å². The van der Waals surface area contributed by atoms with Gasteiger partial charge in [0.2, 0.25) is 0 Å². The van der Waals surface area contributed by atoms with Gasteiger partial charge in [0.25, 0.3) is 5.91 Å². The molecule has 1 N–H and O–H groups in total. The number of hydrogen-bond acceptors (Lipinski definition) is 5. The summed E-state index contributed by atoms with van der Waals surface area (Å²) in [4.78, 5) is 19.1. The van der Waals surface area contributed by atoms with Crippen LogP contribution in [0.25, 0.3) is 0 Å². The predicted octanol–water partition coefficient (Wildman–Crippen LogP) is 0.981. The van der Waals surface area contributed by atoms with Crippen LogP contribution in [0.5, 0.6) is 5.75 Å². The molecular weight excluding hydrogens is 310 g/mol. The second kappa shape index (κ2) is 6.26. The van der Waals surface area contributed by atoms with Crippen LogP contribution in [0.1, 0.15) is 27.9 Å². The molecule has 2 aliphatic heterocycles. The molecule has 7 heteroatoms. The Kier molecular flexibility index (Phi) is 3.95. The highest BCUT2D eigenvalue weighted by Gasteiger charge is 2.32. The lowest BCUT2D eigenvalue weighted by Crippen LogP contribution is -2.39. The Morgan fingerprint density at radius 1 is 1.29 bits per heavy atom. The van der Waals surface area contributed by atoms with E-state index in [-0.39, 0.29) is 12.5 Å². The summed E-state index contributed by atoms with van der Waals surface area (Å²) in [5.41, 5.74) is 1.36. The topological polar surface area (TPSA) is 76.8 Å². The van der Waals surface area contributed by atoms with Gasteiger partial charge in [-0.05, 0) is 6.07 Å². The smallest absolute Gasteiger partial charge is 0.272 e. The number of imidazole rings is 1. The van der Waals surface area contributed by atoms with Crippen molar-refractivity contribution in [1.29, 1.82) is 0 Å². The van der Waals surface area contributed by atoms with Crippen molar-refractivity contribution in [3.63, 3.8) is 0 Å². The van der Waals surface area contributed by atoms with Gasteiger partial charge in [-0.25, -0.2) is 4.98 Å². The number of benzene rings is 1. The van der Waals surface area contributed by atoms with Gasteiger partial charge in [-0.3, -0.25) is 4.79 Å². The molecule has 0 radical (unpaired) electrons. The van der Waals surface area contributed by atoms with Crippen LogP contribution >= 0.6 is 0 Å². The summed E-state index contributed by atoms with van der Waals surface area (Å²) in [6.07, 6.45) is 1.60. The number of ether oxygens (including phenoxy) is 2. The Balaban J connectivity index is 1.70. The van der Waals surface area contributed by atoms with Crippen LogP contribution in [0.4, 0.5) is 0 Å². The standard InChI is InChI=1S/C17H19N3O4/c21-10-14-12-3-1-2-4-15(12)24-8-6-20(14)17(22)13-9-18-16-11-23-7-5-19(13)16/h1-4,9,14,21H,5-8,10-11H2. The first-order valence-electron chi connectivity index (χ1n) is 8.05.